The van der Waals surface area contributed by atoms with Crippen molar-refractivity contribution in [2.24, 2.45) is 0 Å². The summed E-state index contributed by atoms with van der Waals surface area (Å²) in [6, 6.07) is 0.340. The molecule has 0 radical (unpaired) electrons. The summed E-state index contributed by atoms with van der Waals surface area (Å²) in [5, 5.41) is 16.7. The molecule has 0 fully saturated rings. The van der Waals surface area contributed by atoms with E-state index in [0.717, 1.165) is 7.11 Å². The summed E-state index contributed by atoms with van der Waals surface area (Å²) >= 11 is 0. The van der Waals surface area contributed by atoms with Crippen LogP contribution in [0, 0.1) is 17.5 Å². The summed E-state index contributed by atoms with van der Waals surface area (Å²) in [6.07, 6.45) is 0. The van der Waals surface area contributed by atoms with Crippen LogP contribution in [0.1, 0.15) is 0 Å². The van der Waals surface area contributed by atoms with Crippen LogP contribution in [0.25, 0.3) is 0 Å². The Bertz CT molecular complexity index is 372. The highest BCUT2D eigenvalue weighted by Crippen LogP contribution is 2.31. The van der Waals surface area contributed by atoms with Crippen molar-refractivity contribution >= 4 is 7.32 Å². The number of ether oxygens (including phenoxy) is 1. The first-order valence-corrected chi connectivity index (χ1v) is 3.71. The first-order valence-electron chi connectivity index (χ1n) is 3.71. The smallest absolute Gasteiger partial charge is 0.509 e. The molecule has 82 valence electrons. The zero-order valence-corrected chi connectivity index (χ0v) is 7.50. The Hall–Kier alpha value is -1.41. The van der Waals surface area contributed by atoms with Crippen LogP contribution in [0.4, 0.5) is 13.2 Å². The van der Waals surface area contributed by atoms with Crippen LogP contribution in [0.5, 0.6) is 11.5 Å². The molecule has 0 bridgehead atoms. The van der Waals surface area contributed by atoms with E-state index < -0.39 is 36.3 Å². The molecule has 0 saturated heterocycles. The van der Waals surface area contributed by atoms with Gasteiger partial charge in [0, 0.05) is 6.07 Å². The predicted molar refractivity (Wildman–Crippen MR) is 43.7 cm³/mol. The van der Waals surface area contributed by atoms with Gasteiger partial charge in [0.05, 0.1) is 7.11 Å². The fourth-order valence-electron chi connectivity index (χ4n) is 0.937. The van der Waals surface area contributed by atoms with Crippen LogP contribution in [-0.4, -0.2) is 24.5 Å². The van der Waals surface area contributed by atoms with E-state index in [-0.39, 0.29) is 0 Å². The van der Waals surface area contributed by atoms with Gasteiger partial charge in [-0.05, 0) is 0 Å². The van der Waals surface area contributed by atoms with E-state index >= 15 is 0 Å². The summed E-state index contributed by atoms with van der Waals surface area (Å²) in [5.74, 6) is -6.16. The van der Waals surface area contributed by atoms with Crippen molar-refractivity contribution in [3.05, 3.63) is 23.5 Å². The van der Waals surface area contributed by atoms with Gasteiger partial charge in [-0.15, -0.1) is 0 Å². The average molecular weight is 222 g/mol. The Labute approximate surface area is 83.0 Å². The standard InChI is InChI=1S/C7H6BF3O4/c1-14-7-5(10)3(9)2-4(6(7)11)15-8(12)13/h2,12-13H,1H3. The second kappa shape index (κ2) is 4.41. The Kier molecular flexibility index (Phi) is 3.43. The molecular formula is C7H6BF3O4. The third-order valence-corrected chi connectivity index (χ3v) is 1.52. The van der Waals surface area contributed by atoms with Crippen LogP contribution in [0.3, 0.4) is 0 Å². The molecule has 4 nitrogen and oxygen atoms in total. The highest BCUT2D eigenvalue weighted by molar-refractivity contribution is 6.33. The molecule has 1 aromatic rings. The van der Waals surface area contributed by atoms with E-state index in [9.17, 15) is 13.2 Å². The minimum atomic E-state index is -2.34. The van der Waals surface area contributed by atoms with Gasteiger partial charge in [0.15, 0.2) is 11.6 Å². The van der Waals surface area contributed by atoms with Gasteiger partial charge in [-0.2, -0.15) is 8.78 Å². The lowest BCUT2D eigenvalue weighted by atomic mass is 10.2. The number of hydrogen-bond donors (Lipinski definition) is 2. The Morgan fingerprint density at radius 2 is 1.80 bits per heavy atom. The topological polar surface area (TPSA) is 58.9 Å². The number of halogens is 3. The van der Waals surface area contributed by atoms with Gasteiger partial charge < -0.3 is 19.4 Å². The molecule has 1 rings (SSSR count). The van der Waals surface area contributed by atoms with Crippen molar-refractivity contribution in [3.8, 4) is 11.5 Å². The Morgan fingerprint density at radius 1 is 1.20 bits per heavy atom. The SMILES string of the molecule is COc1c(F)c(F)cc(OB(O)O)c1F. The molecule has 15 heavy (non-hydrogen) atoms. The highest BCUT2D eigenvalue weighted by Gasteiger charge is 2.23. The molecule has 0 aliphatic heterocycles. The number of hydrogen-bond acceptors (Lipinski definition) is 4. The minimum Gasteiger partial charge on any atom is -0.509 e. The van der Waals surface area contributed by atoms with E-state index in [1.54, 1.807) is 0 Å². The maximum atomic E-state index is 13.2. The largest absolute Gasteiger partial charge is 0.707 e. The predicted octanol–water partition coefficient (Wildman–Crippen LogP) is 0.461. The fourth-order valence-corrected chi connectivity index (χ4v) is 0.937. The zero-order chi connectivity index (χ0) is 11.6. The van der Waals surface area contributed by atoms with Crippen molar-refractivity contribution in [1.29, 1.82) is 0 Å². The monoisotopic (exact) mass is 222 g/mol. The Morgan fingerprint density at radius 3 is 2.27 bits per heavy atom. The minimum absolute atomic E-state index is 0.340. The molecule has 0 saturated carbocycles. The molecule has 0 aromatic heterocycles. The van der Waals surface area contributed by atoms with E-state index in [4.69, 9.17) is 10.0 Å². The van der Waals surface area contributed by atoms with Crippen molar-refractivity contribution in [2.45, 2.75) is 0 Å². The lowest BCUT2D eigenvalue weighted by Gasteiger charge is -2.10. The van der Waals surface area contributed by atoms with Gasteiger partial charge in [-0.3, -0.25) is 0 Å². The van der Waals surface area contributed by atoms with Crippen molar-refractivity contribution in [3.63, 3.8) is 0 Å². The van der Waals surface area contributed by atoms with Gasteiger partial charge in [0.25, 0.3) is 0 Å². The number of benzene rings is 1. The molecular weight excluding hydrogens is 216 g/mol. The summed E-state index contributed by atoms with van der Waals surface area (Å²) in [7, 11) is -1.41. The summed E-state index contributed by atoms with van der Waals surface area (Å²) in [5.41, 5.74) is 0. The maximum Gasteiger partial charge on any atom is 0.707 e. The highest BCUT2D eigenvalue weighted by atomic mass is 19.2. The van der Waals surface area contributed by atoms with Crippen molar-refractivity contribution in [2.75, 3.05) is 7.11 Å². The van der Waals surface area contributed by atoms with E-state index in [0.29, 0.717) is 6.07 Å². The number of methoxy groups -OCH3 is 1. The van der Waals surface area contributed by atoms with Crippen LogP contribution in [0.15, 0.2) is 6.07 Å². The van der Waals surface area contributed by atoms with E-state index in [1.807, 2.05) is 0 Å². The summed E-state index contributed by atoms with van der Waals surface area (Å²) in [6.45, 7) is 0. The summed E-state index contributed by atoms with van der Waals surface area (Å²) < 4.78 is 47.2. The van der Waals surface area contributed by atoms with Crippen LogP contribution in [-0.2, 0) is 0 Å². The average Bonchev–Trinajstić information content (AvgIpc) is 2.14. The molecule has 1 aromatic carbocycles. The second-order valence-electron chi connectivity index (χ2n) is 2.46. The molecule has 0 spiro atoms. The van der Waals surface area contributed by atoms with Crippen molar-refractivity contribution in [1.82, 2.24) is 0 Å². The number of rotatable bonds is 3. The van der Waals surface area contributed by atoms with Gasteiger partial charge in [-0.1, -0.05) is 0 Å². The zero-order valence-electron chi connectivity index (χ0n) is 7.50. The van der Waals surface area contributed by atoms with Crippen molar-refractivity contribution < 1.29 is 32.6 Å². The lowest BCUT2D eigenvalue weighted by Crippen LogP contribution is -2.21. The molecule has 0 aliphatic carbocycles. The quantitative estimate of drug-likeness (QED) is 0.576. The molecule has 0 aliphatic rings. The van der Waals surface area contributed by atoms with Crippen LogP contribution < -0.4 is 9.39 Å². The molecule has 0 amide bonds. The van der Waals surface area contributed by atoms with Gasteiger partial charge >= 0.3 is 7.32 Å². The van der Waals surface area contributed by atoms with Crippen LogP contribution >= 0.6 is 0 Å². The summed E-state index contributed by atoms with van der Waals surface area (Å²) in [4.78, 5) is 0. The third-order valence-electron chi connectivity index (χ3n) is 1.52. The molecule has 0 atom stereocenters. The van der Waals surface area contributed by atoms with Gasteiger partial charge in [-0.25, -0.2) is 4.39 Å². The molecule has 0 heterocycles. The van der Waals surface area contributed by atoms with Gasteiger partial charge in [0.2, 0.25) is 11.6 Å². The van der Waals surface area contributed by atoms with Gasteiger partial charge in [0.1, 0.15) is 5.75 Å². The first-order chi connectivity index (χ1) is 6.97. The lowest BCUT2D eigenvalue weighted by molar-refractivity contribution is 0.274. The fraction of sp³-hybridized carbons (Fsp3) is 0.143. The normalized spacial score (nSPS) is 10.0. The van der Waals surface area contributed by atoms with Crippen LogP contribution in [0.2, 0.25) is 0 Å². The molecule has 8 heteroatoms. The Balaban J connectivity index is 3.24. The third kappa shape index (κ3) is 2.34. The second-order valence-corrected chi connectivity index (χ2v) is 2.46. The van der Waals surface area contributed by atoms with E-state index in [2.05, 4.69) is 9.39 Å². The molecule has 0 unspecified atom stereocenters. The molecule has 2 N–H and O–H groups in total. The first kappa shape index (κ1) is 11.7. The maximum absolute atomic E-state index is 13.2. The van der Waals surface area contributed by atoms with E-state index in [1.165, 1.54) is 0 Å².